The van der Waals surface area contributed by atoms with Crippen LogP contribution in [0.1, 0.15) is 11.1 Å². The summed E-state index contributed by atoms with van der Waals surface area (Å²) in [7, 11) is -3.86. The van der Waals surface area contributed by atoms with Crippen LogP contribution in [-0.2, 0) is 26.0 Å². The van der Waals surface area contributed by atoms with Gasteiger partial charge in [0, 0.05) is 19.6 Å². The lowest BCUT2D eigenvalue weighted by Gasteiger charge is -2.32. The molecule has 28 heavy (non-hydrogen) atoms. The normalized spacial score (nSPS) is 17.7. The number of amides is 1. The first-order chi connectivity index (χ1) is 13.3. The summed E-state index contributed by atoms with van der Waals surface area (Å²) in [6.07, 6.45) is 0.256. The summed E-state index contributed by atoms with van der Waals surface area (Å²) in [5.74, 6) is -0.690. The molecule has 2 aromatic rings. The standard InChI is InChI=1S/C20H23FN2O4S/c1-15-7-8-18(11-19(15)21)28(25,26)22-12-17-13-23(20(24)14-27-17)10-9-16-5-3-2-4-6-16/h2-8,11,17,22H,9-10,12-14H2,1H3. The van der Waals surface area contributed by atoms with E-state index < -0.39 is 21.9 Å². The molecule has 1 atom stereocenters. The van der Waals surface area contributed by atoms with E-state index in [-0.39, 0.29) is 24.0 Å². The molecule has 1 aliphatic heterocycles. The zero-order valence-electron chi connectivity index (χ0n) is 15.6. The van der Waals surface area contributed by atoms with Gasteiger partial charge in [-0.05, 0) is 36.6 Å². The number of ether oxygens (including phenoxy) is 1. The highest BCUT2D eigenvalue weighted by molar-refractivity contribution is 7.89. The van der Waals surface area contributed by atoms with Crippen LogP contribution in [0.2, 0.25) is 0 Å². The Hall–Kier alpha value is -2.29. The van der Waals surface area contributed by atoms with Gasteiger partial charge in [-0.3, -0.25) is 4.79 Å². The third-order valence-electron chi connectivity index (χ3n) is 4.69. The van der Waals surface area contributed by atoms with Crippen molar-refractivity contribution in [1.82, 2.24) is 9.62 Å². The molecule has 0 saturated carbocycles. The number of hydrogen-bond donors (Lipinski definition) is 1. The molecule has 8 heteroatoms. The minimum atomic E-state index is -3.86. The molecule has 3 rings (SSSR count). The number of morpholine rings is 1. The number of rotatable bonds is 7. The Morgan fingerprint density at radius 3 is 2.68 bits per heavy atom. The van der Waals surface area contributed by atoms with Gasteiger partial charge in [0.1, 0.15) is 12.4 Å². The second-order valence-electron chi connectivity index (χ2n) is 6.77. The lowest BCUT2D eigenvalue weighted by molar-refractivity contribution is -0.148. The number of hydrogen-bond acceptors (Lipinski definition) is 4. The topological polar surface area (TPSA) is 75.7 Å². The predicted molar refractivity (Wildman–Crippen MR) is 103 cm³/mol. The van der Waals surface area contributed by atoms with Gasteiger partial charge >= 0.3 is 0 Å². The first kappa shape index (κ1) is 20.4. The highest BCUT2D eigenvalue weighted by atomic mass is 32.2. The summed E-state index contributed by atoms with van der Waals surface area (Å²) in [5.41, 5.74) is 1.50. The van der Waals surface area contributed by atoms with Gasteiger partial charge in [0.2, 0.25) is 15.9 Å². The third kappa shape index (κ3) is 5.15. The monoisotopic (exact) mass is 406 g/mol. The average Bonchev–Trinajstić information content (AvgIpc) is 2.69. The van der Waals surface area contributed by atoms with Crippen LogP contribution in [0, 0.1) is 12.7 Å². The fourth-order valence-corrected chi connectivity index (χ4v) is 4.03. The van der Waals surface area contributed by atoms with Gasteiger partial charge in [0.15, 0.2) is 0 Å². The summed E-state index contributed by atoms with van der Waals surface area (Å²) in [5, 5.41) is 0. The first-order valence-electron chi connectivity index (χ1n) is 9.04. The fourth-order valence-electron chi connectivity index (χ4n) is 2.96. The van der Waals surface area contributed by atoms with Crippen LogP contribution in [0.25, 0.3) is 0 Å². The first-order valence-corrected chi connectivity index (χ1v) is 10.5. The number of sulfonamides is 1. The number of benzene rings is 2. The summed E-state index contributed by atoms with van der Waals surface area (Å²) in [4.78, 5) is 13.6. The lowest BCUT2D eigenvalue weighted by atomic mass is 10.1. The number of nitrogens with zero attached hydrogens (tertiary/aromatic N) is 1. The molecule has 2 aromatic carbocycles. The molecule has 0 aliphatic carbocycles. The summed E-state index contributed by atoms with van der Waals surface area (Å²) < 4.78 is 46.3. The van der Waals surface area contributed by atoms with Crippen molar-refractivity contribution in [3.8, 4) is 0 Å². The molecule has 1 saturated heterocycles. The van der Waals surface area contributed by atoms with Crippen LogP contribution >= 0.6 is 0 Å². The maximum Gasteiger partial charge on any atom is 0.248 e. The van der Waals surface area contributed by atoms with Gasteiger partial charge in [-0.25, -0.2) is 17.5 Å². The minimum Gasteiger partial charge on any atom is -0.365 e. The van der Waals surface area contributed by atoms with Crippen LogP contribution in [0.15, 0.2) is 53.4 Å². The van der Waals surface area contributed by atoms with E-state index in [1.807, 2.05) is 30.3 Å². The third-order valence-corrected chi connectivity index (χ3v) is 6.11. The molecule has 1 aliphatic rings. The Labute approximate surface area is 164 Å². The summed E-state index contributed by atoms with van der Waals surface area (Å²) in [6, 6.07) is 13.6. The number of carbonyl (C=O) groups is 1. The van der Waals surface area contributed by atoms with Crippen molar-refractivity contribution in [3.63, 3.8) is 0 Å². The molecule has 150 valence electrons. The van der Waals surface area contributed by atoms with Crippen LogP contribution in [0.3, 0.4) is 0 Å². The van der Waals surface area contributed by atoms with E-state index in [2.05, 4.69) is 4.72 Å². The van der Waals surface area contributed by atoms with E-state index in [1.165, 1.54) is 12.1 Å². The second-order valence-corrected chi connectivity index (χ2v) is 8.54. The van der Waals surface area contributed by atoms with E-state index in [1.54, 1.807) is 11.8 Å². The van der Waals surface area contributed by atoms with Gasteiger partial charge in [-0.2, -0.15) is 0 Å². The van der Waals surface area contributed by atoms with E-state index in [0.29, 0.717) is 25.1 Å². The van der Waals surface area contributed by atoms with E-state index in [0.717, 1.165) is 11.6 Å². The molecule has 1 unspecified atom stereocenters. The van der Waals surface area contributed by atoms with Crippen molar-refractivity contribution in [2.75, 3.05) is 26.2 Å². The molecule has 1 fully saturated rings. The Morgan fingerprint density at radius 1 is 1.21 bits per heavy atom. The van der Waals surface area contributed by atoms with Gasteiger partial charge in [-0.15, -0.1) is 0 Å². The van der Waals surface area contributed by atoms with Crippen LogP contribution in [0.4, 0.5) is 4.39 Å². The van der Waals surface area contributed by atoms with Gasteiger partial charge in [0.25, 0.3) is 0 Å². The zero-order chi connectivity index (χ0) is 20.1. The van der Waals surface area contributed by atoms with Crippen LogP contribution in [0.5, 0.6) is 0 Å². The second kappa shape index (κ2) is 8.81. The van der Waals surface area contributed by atoms with Gasteiger partial charge in [-0.1, -0.05) is 36.4 Å². The molecule has 0 spiro atoms. The molecule has 1 heterocycles. The van der Waals surface area contributed by atoms with Crippen molar-refractivity contribution in [1.29, 1.82) is 0 Å². The summed E-state index contributed by atoms with van der Waals surface area (Å²) in [6.45, 7) is 2.33. The SMILES string of the molecule is Cc1ccc(S(=O)(=O)NCC2CN(CCc3ccccc3)C(=O)CO2)cc1F. The van der Waals surface area contributed by atoms with Crippen molar-refractivity contribution in [2.24, 2.45) is 0 Å². The summed E-state index contributed by atoms with van der Waals surface area (Å²) >= 11 is 0. The average molecular weight is 406 g/mol. The van der Waals surface area contributed by atoms with Crippen LogP contribution < -0.4 is 4.72 Å². The van der Waals surface area contributed by atoms with E-state index >= 15 is 0 Å². The molecule has 0 aromatic heterocycles. The molecule has 1 N–H and O–H groups in total. The number of carbonyl (C=O) groups excluding carboxylic acids is 1. The van der Waals surface area contributed by atoms with Crippen molar-refractivity contribution in [2.45, 2.75) is 24.3 Å². The maximum absolute atomic E-state index is 13.7. The highest BCUT2D eigenvalue weighted by Gasteiger charge is 2.27. The number of nitrogens with one attached hydrogen (secondary N) is 1. The Balaban J connectivity index is 1.56. The largest absolute Gasteiger partial charge is 0.365 e. The molecule has 0 bridgehead atoms. The number of halogens is 1. The molecule has 1 amide bonds. The minimum absolute atomic E-state index is 0.00689. The van der Waals surface area contributed by atoms with Crippen molar-refractivity contribution in [3.05, 3.63) is 65.5 Å². The smallest absolute Gasteiger partial charge is 0.248 e. The van der Waals surface area contributed by atoms with Gasteiger partial charge < -0.3 is 9.64 Å². The Bertz CT molecular complexity index is 934. The highest BCUT2D eigenvalue weighted by Crippen LogP contribution is 2.15. The quantitative estimate of drug-likeness (QED) is 0.762. The molecule has 6 nitrogen and oxygen atoms in total. The number of aryl methyl sites for hydroxylation is 1. The maximum atomic E-state index is 13.7. The van der Waals surface area contributed by atoms with Crippen molar-refractivity contribution >= 4 is 15.9 Å². The zero-order valence-corrected chi connectivity index (χ0v) is 16.4. The Kier molecular flexibility index (Phi) is 6.43. The lowest BCUT2D eigenvalue weighted by Crippen LogP contribution is -2.50. The predicted octanol–water partition coefficient (Wildman–Crippen LogP) is 1.88. The van der Waals surface area contributed by atoms with Gasteiger partial charge in [0.05, 0.1) is 11.0 Å². The fraction of sp³-hybridized carbons (Fsp3) is 0.350. The van der Waals surface area contributed by atoms with Crippen molar-refractivity contribution < 1.29 is 22.3 Å². The molecular formula is C20H23FN2O4S. The van der Waals surface area contributed by atoms with E-state index in [4.69, 9.17) is 4.74 Å². The Morgan fingerprint density at radius 2 is 1.96 bits per heavy atom. The van der Waals surface area contributed by atoms with E-state index in [9.17, 15) is 17.6 Å². The molecule has 0 radical (unpaired) electrons. The molecular weight excluding hydrogens is 383 g/mol. The van der Waals surface area contributed by atoms with Crippen LogP contribution in [-0.4, -0.2) is 51.6 Å².